The Bertz CT molecular complexity index is 1040. The van der Waals surface area contributed by atoms with Gasteiger partial charge in [0.15, 0.2) is 11.4 Å². The molecule has 8 nitrogen and oxygen atoms in total. The number of anilines is 1. The first-order valence-corrected chi connectivity index (χ1v) is 11.1. The van der Waals surface area contributed by atoms with Gasteiger partial charge in [0.2, 0.25) is 10.0 Å². The highest BCUT2D eigenvalue weighted by Crippen LogP contribution is 2.35. The summed E-state index contributed by atoms with van der Waals surface area (Å²) in [5.74, 6) is 0.998. The lowest BCUT2D eigenvalue weighted by molar-refractivity contribution is 0.385. The van der Waals surface area contributed by atoms with E-state index in [9.17, 15) is 8.42 Å². The maximum absolute atomic E-state index is 12.6. The predicted molar refractivity (Wildman–Crippen MR) is 106 cm³/mol. The molecule has 2 heterocycles. The fourth-order valence-corrected chi connectivity index (χ4v) is 5.32. The molecule has 4 rings (SSSR count). The van der Waals surface area contributed by atoms with Gasteiger partial charge in [0.05, 0.1) is 19.4 Å². The lowest BCUT2D eigenvalue weighted by Gasteiger charge is -2.21. The van der Waals surface area contributed by atoms with E-state index in [-0.39, 0.29) is 17.5 Å². The minimum atomic E-state index is -3.51. The summed E-state index contributed by atoms with van der Waals surface area (Å²) >= 11 is 0. The quantitative estimate of drug-likeness (QED) is 0.648. The van der Waals surface area contributed by atoms with Gasteiger partial charge in [-0.1, -0.05) is 24.4 Å². The molecule has 0 unspecified atom stereocenters. The molecule has 0 saturated heterocycles. The fourth-order valence-electron chi connectivity index (χ4n) is 3.85. The maximum atomic E-state index is 12.6. The predicted octanol–water partition coefficient (Wildman–Crippen LogP) is 3.40. The summed E-state index contributed by atoms with van der Waals surface area (Å²) in [4.78, 5) is 0. The number of methoxy groups -OCH3 is 1. The zero-order valence-electron chi connectivity index (χ0n) is 15.8. The van der Waals surface area contributed by atoms with Crippen molar-refractivity contribution < 1.29 is 17.7 Å². The molecule has 0 radical (unpaired) electrons. The van der Waals surface area contributed by atoms with Crippen molar-refractivity contribution in [3.63, 3.8) is 0 Å². The van der Waals surface area contributed by atoms with Crippen LogP contribution in [0.5, 0.6) is 5.75 Å². The summed E-state index contributed by atoms with van der Waals surface area (Å²) in [6, 6.07) is 5.52. The zero-order valence-corrected chi connectivity index (χ0v) is 16.6. The highest BCUT2D eigenvalue weighted by molar-refractivity contribution is 7.92. The first kappa shape index (κ1) is 18.8. The minimum absolute atomic E-state index is 0.112. The number of hydrogen-bond donors (Lipinski definition) is 1. The Morgan fingerprint density at radius 1 is 1.29 bits per heavy atom. The average Bonchev–Trinajstić information content (AvgIpc) is 3.31. The van der Waals surface area contributed by atoms with Crippen LogP contribution in [0, 0.1) is 5.92 Å². The SMILES string of the molecule is COc1cc(Cn2cccn2)cc2onc(NS(=O)(=O)CC3CCCCC3)c12. The second-order valence-corrected chi connectivity index (χ2v) is 9.06. The van der Waals surface area contributed by atoms with Crippen LogP contribution in [0.2, 0.25) is 0 Å². The Morgan fingerprint density at radius 3 is 2.82 bits per heavy atom. The Kier molecular flexibility index (Phi) is 5.25. The number of nitrogens with one attached hydrogen (secondary N) is 1. The van der Waals surface area contributed by atoms with Crippen molar-refractivity contribution in [2.45, 2.75) is 38.6 Å². The van der Waals surface area contributed by atoms with E-state index in [1.807, 2.05) is 24.4 Å². The van der Waals surface area contributed by atoms with Crippen molar-refractivity contribution in [2.75, 3.05) is 17.6 Å². The molecule has 1 N–H and O–H groups in total. The number of benzene rings is 1. The molecule has 1 aliphatic rings. The van der Waals surface area contributed by atoms with Gasteiger partial charge in [0, 0.05) is 12.4 Å². The highest BCUT2D eigenvalue weighted by atomic mass is 32.2. The van der Waals surface area contributed by atoms with Crippen molar-refractivity contribution >= 4 is 26.8 Å². The molecule has 150 valence electrons. The Balaban J connectivity index is 1.59. The normalized spacial score (nSPS) is 15.8. The summed E-state index contributed by atoms with van der Waals surface area (Å²) in [6.45, 7) is 0.544. The Morgan fingerprint density at radius 2 is 2.11 bits per heavy atom. The van der Waals surface area contributed by atoms with Crippen LogP contribution in [0.15, 0.2) is 35.1 Å². The Labute approximate surface area is 163 Å². The van der Waals surface area contributed by atoms with Crippen molar-refractivity contribution in [3.05, 3.63) is 36.2 Å². The molecule has 9 heteroatoms. The van der Waals surface area contributed by atoms with Crippen LogP contribution in [-0.2, 0) is 16.6 Å². The molecule has 3 aromatic rings. The number of sulfonamides is 1. The van der Waals surface area contributed by atoms with Gasteiger partial charge >= 0.3 is 0 Å². The van der Waals surface area contributed by atoms with Crippen LogP contribution >= 0.6 is 0 Å². The van der Waals surface area contributed by atoms with E-state index in [2.05, 4.69) is 15.0 Å². The van der Waals surface area contributed by atoms with Crippen molar-refractivity contribution in [3.8, 4) is 5.75 Å². The number of nitrogens with zero attached hydrogens (tertiary/aromatic N) is 3. The zero-order chi connectivity index (χ0) is 19.6. The van der Waals surface area contributed by atoms with Crippen molar-refractivity contribution in [2.24, 2.45) is 5.92 Å². The van der Waals surface area contributed by atoms with Crippen LogP contribution < -0.4 is 9.46 Å². The van der Waals surface area contributed by atoms with Gasteiger partial charge in [-0.05, 0) is 42.5 Å². The third-order valence-corrected chi connectivity index (χ3v) is 6.57. The summed E-state index contributed by atoms with van der Waals surface area (Å²) in [6.07, 6.45) is 8.88. The number of rotatable bonds is 7. The average molecular weight is 404 g/mol. The van der Waals surface area contributed by atoms with Gasteiger partial charge < -0.3 is 9.26 Å². The molecule has 1 saturated carbocycles. The third kappa shape index (κ3) is 4.14. The largest absolute Gasteiger partial charge is 0.496 e. The molecule has 2 aromatic heterocycles. The second-order valence-electron chi connectivity index (χ2n) is 7.29. The smallest absolute Gasteiger partial charge is 0.234 e. The van der Waals surface area contributed by atoms with Gasteiger partial charge in [-0.2, -0.15) is 5.10 Å². The minimum Gasteiger partial charge on any atom is -0.496 e. The van der Waals surface area contributed by atoms with Crippen LogP contribution in [-0.4, -0.2) is 36.2 Å². The molecule has 0 bridgehead atoms. The summed E-state index contributed by atoms with van der Waals surface area (Å²) < 4.78 is 40.6. The van der Waals surface area contributed by atoms with Gasteiger partial charge in [-0.25, -0.2) is 8.42 Å². The molecular formula is C19H24N4O4S. The van der Waals surface area contributed by atoms with Crippen LogP contribution in [0.25, 0.3) is 11.0 Å². The van der Waals surface area contributed by atoms with Crippen LogP contribution in [0.4, 0.5) is 5.82 Å². The van der Waals surface area contributed by atoms with Crippen molar-refractivity contribution in [1.29, 1.82) is 0 Å². The first-order valence-electron chi connectivity index (χ1n) is 9.48. The molecule has 1 aliphatic carbocycles. The molecule has 1 aromatic carbocycles. The van der Waals surface area contributed by atoms with Gasteiger partial charge in [0.1, 0.15) is 11.1 Å². The highest BCUT2D eigenvalue weighted by Gasteiger charge is 2.24. The standard InChI is InChI=1S/C19H24N4O4S/c1-26-16-10-15(12-23-9-5-8-20-23)11-17-18(16)19(21-27-17)22-28(24,25)13-14-6-3-2-4-7-14/h5,8-11,14H,2-4,6-7,12-13H2,1H3,(H,21,22). The summed E-state index contributed by atoms with van der Waals surface area (Å²) in [5, 5.41) is 8.67. The maximum Gasteiger partial charge on any atom is 0.234 e. The van der Waals surface area contributed by atoms with Crippen molar-refractivity contribution in [1.82, 2.24) is 14.9 Å². The van der Waals surface area contributed by atoms with E-state index in [4.69, 9.17) is 9.26 Å². The van der Waals surface area contributed by atoms with E-state index in [1.54, 1.807) is 18.0 Å². The van der Waals surface area contributed by atoms with Crippen LogP contribution in [0.1, 0.15) is 37.7 Å². The third-order valence-electron chi connectivity index (χ3n) is 5.15. The molecule has 0 aliphatic heterocycles. The number of hydrogen-bond acceptors (Lipinski definition) is 6. The van der Waals surface area contributed by atoms with Gasteiger partial charge in [0.25, 0.3) is 0 Å². The number of fused-ring (bicyclic) bond motifs is 1. The monoisotopic (exact) mass is 404 g/mol. The fraction of sp³-hybridized carbons (Fsp3) is 0.474. The van der Waals surface area contributed by atoms with E-state index in [1.165, 1.54) is 6.42 Å². The van der Waals surface area contributed by atoms with E-state index < -0.39 is 10.0 Å². The lowest BCUT2D eigenvalue weighted by atomic mass is 9.91. The molecular weight excluding hydrogens is 380 g/mol. The first-order chi connectivity index (χ1) is 13.5. The topological polar surface area (TPSA) is 99.2 Å². The summed E-state index contributed by atoms with van der Waals surface area (Å²) in [7, 11) is -1.97. The van der Waals surface area contributed by atoms with Crippen LogP contribution in [0.3, 0.4) is 0 Å². The van der Waals surface area contributed by atoms with E-state index in [0.29, 0.717) is 23.3 Å². The number of ether oxygens (including phenoxy) is 1. The van der Waals surface area contributed by atoms with Gasteiger partial charge in [-0.3, -0.25) is 9.40 Å². The molecule has 28 heavy (non-hydrogen) atoms. The molecule has 0 atom stereocenters. The number of aromatic nitrogens is 3. The van der Waals surface area contributed by atoms with E-state index >= 15 is 0 Å². The molecule has 0 spiro atoms. The second kappa shape index (κ2) is 7.83. The molecule has 1 fully saturated rings. The lowest BCUT2D eigenvalue weighted by Crippen LogP contribution is -2.24. The van der Waals surface area contributed by atoms with E-state index in [0.717, 1.165) is 31.2 Å². The molecule has 0 amide bonds. The van der Waals surface area contributed by atoms with Gasteiger partial charge in [-0.15, -0.1) is 0 Å². The Hall–Kier alpha value is -2.55. The summed E-state index contributed by atoms with van der Waals surface area (Å²) in [5.41, 5.74) is 1.39.